The zero-order chi connectivity index (χ0) is 13.0. The minimum absolute atomic E-state index is 0.410. The molecule has 1 heterocycles. The summed E-state index contributed by atoms with van der Waals surface area (Å²) in [6, 6.07) is 8.65. The van der Waals surface area contributed by atoms with Gasteiger partial charge in [-0.05, 0) is 38.0 Å². The first-order valence-electron chi connectivity index (χ1n) is 6.43. The van der Waals surface area contributed by atoms with E-state index in [1.165, 1.54) is 5.56 Å². The largest absolute Gasteiger partial charge is 0.487 e. The molecule has 0 aliphatic heterocycles. The molecule has 18 heavy (non-hydrogen) atoms. The van der Waals surface area contributed by atoms with Crippen LogP contribution < -0.4 is 4.74 Å². The van der Waals surface area contributed by atoms with Gasteiger partial charge >= 0.3 is 0 Å². The average Bonchev–Trinajstić information content (AvgIpc) is 2.85. The molecule has 0 aliphatic rings. The summed E-state index contributed by atoms with van der Waals surface area (Å²) in [6.07, 6.45) is 4.75. The average molecular weight is 244 g/mol. The van der Waals surface area contributed by atoms with Crippen molar-refractivity contribution >= 4 is 0 Å². The third-order valence-corrected chi connectivity index (χ3v) is 3.00. The highest BCUT2D eigenvalue weighted by Crippen LogP contribution is 2.16. The summed E-state index contributed by atoms with van der Waals surface area (Å²) in [5.41, 5.74) is 2.40. The Kier molecular flexibility index (Phi) is 4.03. The van der Waals surface area contributed by atoms with E-state index in [2.05, 4.69) is 42.5 Å². The fourth-order valence-corrected chi connectivity index (χ4v) is 1.92. The van der Waals surface area contributed by atoms with Gasteiger partial charge in [-0.15, -0.1) is 0 Å². The SMILES string of the molecule is CCc1cccc(OCc2cncn2C(C)C)c1. The van der Waals surface area contributed by atoms with Crippen molar-refractivity contribution in [1.29, 1.82) is 0 Å². The standard InChI is InChI=1S/C15H20N2O/c1-4-13-6-5-7-15(8-13)18-10-14-9-16-11-17(14)12(2)3/h5-9,11-12H,4,10H2,1-3H3. The van der Waals surface area contributed by atoms with E-state index in [1.54, 1.807) is 0 Å². The quantitative estimate of drug-likeness (QED) is 0.803. The molecule has 0 saturated carbocycles. The second kappa shape index (κ2) is 5.71. The Bertz CT molecular complexity index is 503. The highest BCUT2D eigenvalue weighted by Gasteiger charge is 2.06. The highest BCUT2D eigenvalue weighted by molar-refractivity contribution is 5.28. The minimum atomic E-state index is 0.410. The molecule has 96 valence electrons. The molecule has 3 heteroatoms. The molecular formula is C15H20N2O. The van der Waals surface area contributed by atoms with Crippen LogP contribution in [0.15, 0.2) is 36.8 Å². The third kappa shape index (κ3) is 2.92. The molecule has 0 radical (unpaired) electrons. The molecule has 0 amide bonds. The lowest BCUT2D eigenvalue weighted by molar-refractivity contribution is 0.292. The Balaban J connectivity index is 2.04. The molecule has 2 aromatic rings. The number of hydrogen-bond acceptors (Lipinski definition) is 2. The van der Waals surface area contributed by atoms with Crippen LogP contribution in [0.1, 0.15) is 38.1 Å². The number of imidazole rings is 1. The number of hydrogen-bond donors (Lipinski definition) is 0. The van der Waals surface area contributed by atoms with Crippen molar-refractivity contribution in [3.8, 4) is 5.75 Å². The van der Waals surface area contributed by atoms with Crippen molar-refractivity contribution in [2.45, 2.75) is 39.8 Å². The molecule has 0 fully saturated rings. The van der Waals surface area contributed by atoms with Gasteiger partial charge in [0.1, 0.15) is 12.4 Å². The number of aryl methyl sites for hydroxylation is 1. The number of rotatable bonds is 5. The molecule has 0 atom stereocenters. The molecule has 0 saturated heterocycles. The number of nitrogens with zero attached hydrogens (tertiary/aromatic N) is 2. The first-order valence-corrected chi connectivity index (χ1v) is 6.43. The van der Waals surface area contributed by atoms with E-state index in [4.69, 9.17) is 4.74 Å². The molecule has 0 bridgehead atoms. The van der Waals surface area contributed by atoms with Gasteiger partial charge in [-0.1, -0.05) is 19.1 Å². The topological polar surface area (TPSA) is 27.1 Å². The lowest BCUT2D eigenvalue weighted by Gasteiger charge is -2.12. The first kappa shape index (κ1) is 12.7. The number of ether oxygens (including phenoxy) is 1. The lowest BCUT2D eigenvalue weighted by atomic mass is 10.2. The monoisotopic (exact) mass is 244 g/mol. The predicted octanol–water partition coefficient (Wildman–Crippen LogP) is 3.61. The Hall–Kier alpha value is -1.77. The van der Waals surface area contributed by atoms with Gasteiger partial charge in [-0.3, -0.25) is 0 Å². The van der Waals surface area contributed by atoms with Crippen molar-refractivity contribution in [2.75, 3.05) is 0 Å². The number of benzene rings is 1. The van der Waals surface area contributed by atoms with E-state index in [9.17, 15) is 0 Å². The van der Waals surface area contributed by atoms with E-state index in [0.717, 1.165) is 17.9 Å². The second-order valence-corrected chi connectivity index (χ2v) is 4.68. The van der Waals surface area contributed by atoms with Gasteiger partial charge in [0.25, 0.3) is 0 Å². The molecule has 1 aromatic heterocycles. The van der Waals surface area contributed by atoms with Gasteiger partial charge in [0.15, 0.2) is 0 Å². The first-order chi connectivity index (χ1) is 8.70. The molecule has 0 aliphatic carbocycles. The van der Waals surface area contributed by atoms with Gasteiger partial charge < -0.3 is 9.30 Å². The lowest BCUT2D eigenvalue weighted by Crippen LogP contribution is -2.07. The second-order valence-electron chi connectivity index (χ2n) is 4.68. The summed E-state index contributed by atoms with van der Waals surface area (Å²) in [7, 11) is 0. The van der Waals surface area contributed by atoms with Crippen molar-refractivity contribution in [2.24, 2.45) is 0 Å². The normalized spacial score (nSPS) is 10.9. The Morgan fingerprint density at radius 1 is 1.33 bits per heavy atom. The summed E-state index contributed by atoms with van der Waals surface area (Å²) in [5, 5.41) is 0. The van der Waals surface area contributed by atoms with Crippen molar-refractivity contribution in [3.05, 3.63) is 48.0 Å². The van der Waals surface area contributed by atoms with Crippen LogP contribution in [0.2, 0.25) is 0 Å². The van der Waals surface area contributed by atoms with Crippen molar-refractivity contribution in [1.82, 2.24) is 9.55 Å². The molecule has 2 rings (SSSR count). The summed E-state index contributed by atoms with van der Waals surface area (Å²) >= 11 is 0. The summed E-state index contributed by atoms with van der Waals surface area (Å²) < 4.78 is 7.95. The Labute approximate surface area is 108 Å². The van der Waals surface area contributed by atoms with E-state index < -0.39 is 0 Å². The Morgan fingerprint density at radius 2 is 2.17 bits per heavy atom. The van der Waals surface area contributed by atoms with Crippen molar-refractivity contribution in [3.63, 3.8) is 0 Å². The zero-order valence-electron chi connectivity index (χ0n) is 11.3. The van der Waals surface area contributed by atoms with Crippen LogP contribution in [0, 0.1) is 0 Å². The van der Waals surface area contributed by atoms with Gasteiger partial charge in [0, 0.05) is 6.04 Å². The maximum absolute atomic E-state index is 5.82. The fraction of sp³-hybridized carbons (Fsp3) is 0.400. The van der Waals surface area contributed by atoms with Gasteiger partial charge in [-0.2, -0.15) is 0 Å². The smallest absolute Gasteiger partial charge is 0.130 e. The summed E-state index contributed by atoms with van der Waals surface area (Å²) in [6.45, 7) is 6.99. The van der Waals surface area contributed by atoms with E-state index in [-0.39, 0.29) is 0 Å². The highest BCUT2D eigenvalue weighted by atomic mass is 16.5. The van der Waals surface area contributed by atoms with E-state index in [1.807, 2.05) is 24.7 Å². The maximum atomic E-state index is 5.82. The van der Waals surface area contributed by atoms with Gasteiger partial charge in [-0.25, -0.2) is 4.98 Å². The van der Waals surface area contributed by atoms with E-state index in [0.29, 0.717) is 12.6 Å². The van der Waals surface area contributed by atoms with E-state index >= 15 is 0 Å². The van der Waals surface area contributed by atoms with Crippen LogP contribution in [0.25, 0.3) is 0 Å². The van der Waals surface area contributed by atoms with Crippen LogP contribution in [-0.4, -0.2) is 9.55 Å². The zero-order valence-corrected chi connectivity index (χ0v) is 11.3. The molecule has 0 unspecified atom stereocenters. The molecule has 0 N–H and O–H groups in total. The van der Waals surface area contributed by atoms with Crippen LogP contribution >= 0.6 is 0 Å². The summed E-state index contributed by atoms with van der Waals surface area (Å²) in [5.74, 6) is 0.922. The van der Waals surface area contributed by atoms with Crippen LogP contribution in [0.4, 0.5) is 0 Å². The number of aromatic nitrogens is 2. The molecule has 3 nitrogen and oxygen atoms in total. The van der Waals surface area contributed by atoms with Crippen LogP contribution in [0.5, 0.6) is 5.75 Å². The molecular weight excluding hydrogens is 224 g/mol. The van der Waals surface area contributed by atoms with Crippen LogP contribution in [-0.2, 0) is 13.0 Å². The van der Waals surface area contributed by atoms with Gasteiger partial charge in [0.2, 0.25) is 0 Å². The van der Waals surface area contributed by atoms with Gasteiger partial charge in [0.05, 0.1) is 18.2 Å². The van der Waals surface area contributed by atoms with Crippen molar-refractivity contribution < 1.29 is 4.74 Å². The third-order valence-electron chi connectivity index (χ3n) is 3.00. The predicted molar refractivity (Wildman–Crippen MR) is 72.8 cm³/mol. The summed E-state index contributed by atoms with van der Waals surface area (Å²) in [4.78, 5) is 4.17. The molecule has 0 spiro atoms. The minimum Gasteiger partial charge on any atom is -0.487 e. The Morgan fingerprint density at radius 3 is 2.89 bits per heavy atom. The maximum Gasteiger partial charge on any atom is 0.130 e. The molecule has 1 aromatic carbocycles. The van der Waals surface area contributed by atoms with Crippen LogP contribution in [0.3, 0.4) is 0 Å². The fourth-order valence-electron chi connectivity index (χ4n) is 1.92.